The van der Waals surface area contributed by atoms with Gasteiger partial charge in [0.25, 0.3) is 5.91 Å². The van der Waals surface area contributed by atoms with Crippen molar-refractivity contribution in [1.29, 1.82) is 5.26 Å². The molecule has 0 fully saturated rings. The van der Waals surface area contributed by atoms with Crippen molar-refractivity contribution < 1.29 is 9.18 Å². The van der Waals surface area contributed by atoms with Gasteiger partial charge < -0.3 is 5.32 Å². The molecule has 25 heavy (non-hydrogen) atoms. The number of carbonyl (C=O) groups is 1. The van der Waals surface area contributed by atoms with Crippen LogP contribution in [0.25, 0.3) is 10.6 Å². The van der Waals surface area contributed by atoms with Crippen molar-refractivity contribution in [2.45, 2.75) is 13.5 Å². The van der Waals surface area contributed by atoms with Crippen LogP contribution in [0.3, 0.4) is 0 Å². The van der Waals surface area contributed by atoms with Crippen LogP contribution in [0, 0.1) is 24.1 Å². The average molecular weight is 351 g/mol. The molecule has 2 aromatic carbocycles. The molecule has 0 radical (unpaired) electrons. The number of rotatable bonds is 4. The van der Waals surface area contributed by atoms with Gasteiger partial charge in [0.05, 0.1) is 17.3 Å². The maximum absolute atomic E-state index is 13.0. The third-order valence-corrected chi connectivity index (χ3v) is 4.84. The number of aromatic nitrogens is 1. The van der Waals surface area contributed by atoms with Crippen molar-refractivity contribution in [2.75, 3.05) is 0 Å². The quantitative estimate of drug-likeness (QED) is 0.771. The highest BCUT2D eigenvalue weighted by Gasteiger charge is 2.16. The van der Waals surface area contributed by atoms with Gasteiger partial charge in [0.2, 0.25) is 0 Å². The van der Waals surface area contributed by atoms with E-state index in [1.54, 1.807) is 31.2 Å². The number of halogens is 1. The molecule has 0 saturated carbocycles. The zero-order valence-electron chi connectivity index (χ0n) is 13.4. The molecule has 1 aromatic heterocycles. The highest BCUT2D eigenvalue weighted by molar-refractivity contribution is 7.17. The van der Waals surface area contributed by atoms with Crippen LogP contribution in [0.15, 0.2) is 48.5 Å². The van der Waals surface area contributed by atoms with E-state index in [0.29, 0.717) is 27.7 Å². The standard InChI is InChI=1S/C19H14FN3OS/c1-12-17(25-19(23-12)15-6-8-16(20)9-7-15)18(24)22-11-14-4-2-13(10-21)3-5-14/h2-9H,11H2,1H3,(H,22,24). The molecule has 6 heteroatoms. The third-order valence-electron chi connectivity index (χ3n) is 3.63. The first-order valence-electron chi connectivity index (χ1n) is 7.57. The Bertz CT molecular complexity index is 940. The third kappa shape index (κ3) is 3.90. The summed E-state index contributed by atoms with van der Waals surface area (Å²) in [5.74, 6) is -0.509. The van der Waals surface area contributed by atoms with Crippen LogP contribution >= 0.6 is 11.3 Å². The van der Waals surface area contributed by atoms with Crippen molar-refractivity contribution in [3.8, 4) is 16.6 Å². The summed E-state index contributed by atoms with van der Waals surface area (Å²) in [6, 6.07) is 15.1. The van der Waals surface area contributed by atoms with E-state index in [2.05, 4.69) is 16.4 Å². The van der Waals surface area contributed by atoms with Crippen LogP contribution in [0.4, 0.5) is 4.39 Å². The fraction of sp³-hybridized carbons (Fsp3) is 0.105. The maximum atomic E-state index is 13.0. The van der Waals surface area contributed by atoms with Crippen LogP contribution < -0.4 is 5.32 Å². The smallest absolute Gasteiger partial charge is 0.263 e. The summed E-state index contributed by atoms with van der Waals surface area (Å²) in [6.07, 6.45) is 0. The Morgan fingerprint density at radius 3 is 2.52 bits per heavy atom. The minimum Gasteiger partial charge on any atom is -0.347 e. The van der Waals surface area contributed by atoms with Gasteiger partial charge in [0, 0.05) is 12.1 Å². The van der Waals surface area contributed by atoms with Crippen LogP contribution in [-0.2, 0) is 6.54 Å². The Hall–Kier alpha value is -3.04. The SMILES string of the molecule is Cc1nc(-c2ccc(F)cc2)sc1C(=O)NCc1ccc(C#N)cc1. The number of carbonyl (C=O) groups excluding carboxylic acids is 1. The minimum absolute atomic E-state index is 0.201. The molecule has 0 aliphatic heterocycles. The average Bonchev–Trinajstić information content (AvgIpc) is 3.02. The monoisotopic (exact) mass is 351 g/mol. The number of nitrogens with one attached hydrogen (secondary N) is 1. The number of nitriles is 1. The zero-order chi connectivity index (χ0) is 17.8. The summed E-state index contributed by atoms with van der Waals surface area (Å²) in [5, 5.41) is 12.3. The molecule has 0 unspecified atom stereocenters. The van der Waals surface area contributed by atoms with E-state index in [1.807, 2.05) is 12.1 Å². The Balaban J connectivity index is 1.71. The normalized spacial score (nSPS) is 10.3. The van der Waals surface area contributed by atoms with Crippen molar-refractivity contribution in [3.63, 3.8) is 0 Å². The molecule has 0 saturated heterocycles. The molecule has 0 atom stereocenters. The molecule has 0 aliphatic rings. The number of aryl methyl sites for hydroxylation is 1. The Morgan fingerprint density at radius 1 is 1.20 bits per heavy atom. The van der Waals surface area contributed by atoms with Gasteiger partial charge >= 0.3 is 0 Å². The van der Waals surface area contributed by atoms with Gasteiger partial charge in [-0.2, -0.15) is 5.26 Å². The molecule has 0 aliphatic carbocycles. The Morgan fingerprint density at radius 2 is 1.88 bits per heavy atom. The number of hydrogen-bond acceptors (Lipinski definition) is 4. The van der Waals surface area contributed by atoms with Crippen molar-refractivity contribution in [3.05, 3.63) is 76.0 Å². The van der Waals surface area contributed by atoms with Gasteiger partial charge in [-0.15, -0.1) is 11.3 Å². The summed E-state index contributed by atoms with van der Waals surface area (Å²) >= 11 is 1.28. The molecule has 3 rings (SSSR count). The topological polar surface area (TPSA) is 65.8 Å². The van der Waals surface area contributed by atoms with E-state index >= 15 is 0 Å². The number of nitrogens with zero attached hydrogens (tertiary/aromatic N) is 2. The lowest BCUT2D eigenvalue weighted by molar-refractivity contribution is 0.0954. The molecule has 124 valence electrons. The fourth-order valence-corrected chi connectivity index (χ4v) is 3.27. The van der Waals surface area contributed by atoms with E-state index in [1.165, 1.54) is 23.5 Å². The van der Waals surface area contributed by atoms with Crippen LogP contribution in [-0.4, -0.2) is 10.9 Å². The number of hydrogen-bond donors (Lipinski definition) is 1. The molecular formula is C19H14FN3OS. The molecule has 0 bridgehead atoms. The van der Waals surface area contributed by atoms with E-state index < -0.39 is 0 Å². The number of thiazole rings is 1. The van der Waals surface area contributed by atoms with E-state index in [0.717, 1.165) is 11.1 Å². The predicted molar refractivity (Wildman–Crippen MR) is 94.6 cm³/mol. The summed E-state index contributed by atoms with van der Waals surface area (Å²) in [7, 11) is 0. The first-order chi connectivity index (χ1) is 12.1. The summed E-state index contributed by atoms with van der Waals surface area (Å²) < 4.78 is 13.0. The first-order valence-corrected chi connectivity index (χ1v) is 8.39. The Labute approximate surface area is 148 Å². The van der Waals surface area contributed by atoms with Gasteiger partial charge in [-0.25, -0.2) is 9.37 Å². The predicted octanol–water partition coefficient (Wildman–Crippen LogP) is 4.06. The van der Waals surface area contributed by atoms with Crippen molar-refractivity contribution in [2.24, 2.45) is 0 Å². The minimum atomic E-state index is -0.308. The van der Waals surface area contributed by atoms with Gasteiger partial charge in [0.15, 0.2) is 0 Å². The number of benzene rings is 2. The van der Waals surface area contributed by atoms with Gasteiger partial charge in [-0.3, -0.25) is 4.79 Å². The molecule has 1 N–H and O–H groups in total. The maximum Gasteiger partial charge on any atom is 0.263 e. The van der Waals surface area contributed by atoms with Crippen LogP contribution in [0.2, 0.25) is 0 Å². The second-order valence-electron chi connectivity index (χ2n) is 5.43. The van der Waals surface area contributed by atoms with Gasteiger partial charge in [-0.05, 0) is 48.9 Å². The summed E-state index contributed by atoms with van der Waals surface area (Å²) in [5.41, 5.74) is 2.91. The van der Waals surface area contributed by atoms with Gasteiger partial charge in [0.1, 0.15) is 15.7 Å². The second kappa shape index (κ2) is 7.24. The summed E-state index contributed by atoms with van der Waals surface area (Å²) in [4.78, 5) is 17.4. The molecular weight excluding hydrogens is 337 g/mol. The lowest BCUT2D eigenvalue weighted by Gasteiger charge is -2.04. The highest BCUT2D eigenvalue weighted by Crippen LogP contribution is 2.28. The zero-order valence-corrected chi connectivity index (χ0v) is 14.2. The fourth-order valence-electron chi connectivity index (χ4n) is 2.28. The number of amides is 1. The lowest BCUT2D eigenvalue weighted by Crippen LogP contribution is -2.22. The molecule has 0 spiro atoms. The lowest BCUT2D eigenvalue weighted by atomic mass is 10.1. The van der Waals surface area contributed by atoms with Gasteiger partial charge in [-0.1, -0.05) is 12.1 Å². The molecule has 4 nitrogen and oxygen atoms in total. The molecule has 1 amide bonds. The highest BCUT2D eigenvalue weighted by atomic mass is 32.1. The first kappa shape index (κ1) is 16.8. The second-order valence-corrected chi connectivity index (χ2v) is 6.43. The van der Waals surface area contributed by atoms with Crippen LogP contribution in [0.5, 0.6) is 0 Å². The molecule has 3 aromatic rings. The Kier molecular flexibility index (Phi) is 4.87. The van der Waals surface area contributed by atoms with Crippen LogP contribution in [0.1, 0.15) is 26.5 Å². The van der Waals surface area contributed by atoms with E-state index in [-0.39, 0.29) is 11.7 Å². The van der Waals surface area contributed by atoms with E-state index in [4.69, 9.17) is 5.26 Å². The largest absolute Gasteiger partial charge is 0.347 e. The summed E-state index contributed by atoms with van der Waals surface area (Å²) in [6.45, 7) is 2.15. The van der Waals surface area contributed by atoms with E-state index in [9.17, 15) is 9.18 Å². The van der Waals surface area contributed by atoms with Crippen molar-refractivity contribution >= 4 is 17.2 Å². The van der Waals surface area contributed by atoms with Crippen molar-refractivity contribution in [1.82, 2.24) is 10.3 Å². The molecule has 1 heterocycles.